The largest absolute Gasteiger partial charge is 0.355 e. The zero-order valence-electron chi connectivity index (χ0n) is 17.1. The number of carbonyl (C=O) groups is 1. The molecule has 0 aliphatic heterocycles. The van der Waals surface area contributed by atoms with Crippen molar-refractivity contribution in [2.75, 3.05) is 6.54 Å². The molecule has 0 saturated carbocycles. The van der Waals surface area contributed by atoms with Crippen LogP contribution in [0.15, 0.2) is 60.0 Å². The van der Waals surface area contributed by atoms with Crippen molar-refractivity contribution in [1.29, 1.82) is 0 Å². The van der Waals surface area contributed by atoms with E-state index in [1.807, 2.05) is 41.8 Å². The molecule has 1 amide bonds. The summed E-state index contributed by atoms with van der Waals surface area (Å²) in [4.78, 5) is 16.7. The average Bonchev–Trinajstić information content (AvgIpc) is 3.17. The van der Waals surface area contributed by atoms with E-state index in [1.165, 1.54) is 17.3 Å². The van der Waals surface area contributed by atoms with Crippen molar-refractivity contribution >= 4 is 17.7 Å². The van der Waals surface area contributed by atoms with Gasteiger partial charge >= 0.3 is 0 Å². The fourth-order valence-electron chi connectivity index (χ4n) is 3.18. The zero-order valence-corrected chi connectivity index (χ0v) is 17.9. The number of aromatic nitrogens is 4. The van der Waals surface area contributed by atoms with Crippen LogP contribution in [0.5, 0.6) is 0 Å². The molecule has 0 bridgehead atoms. The quantitative estimate of drug-likeness (QED) is 0.538. The third-order valence-corrected chi connectivity index (χ3v) is 5.99. The minimum Gasteiger partial charge on any atom is -0.355 e. The highest BCUT2D eigenvalue weighted by atomic mass is 32.2. The first-order valence-electron chi connectivity index (χ1n) is 9.96. The van der Waals surface area contributed by atoms with Crippen LogP contribution in [-0.2, 0) is 11.3 Å². The lowest BCUT2D eigenvalue weighted by atomic mass is 9.96. The molecule has 0 unspecified atom stereocenters. The van der Waals surface area contributed by atoms with Gasteiger partial charge in [0.1, 0.15) is 0 Å². The third kappa shape index (κ3) is 5.23. The minimum absolute atomic E-state index is 0.0143. The second-order valence-corrected chi connectivity index (χ2v) is 8.12. The number of hydrogen-bond donors (Lipinski definition) is 1. The number of amides is 1. The molecular formula is C22H27N5OS. The van der Waals surface area contributed by atoms with Crippen molar-refractivity contribution in [3.63, 3.8) is 0 Å². The van der Waals surface area contributed by atoms with E-state index in [2.05, 4.69) is 46.5 Å². The van der Waals surface area contributed by atoms with Gasteiger partial charge in [-0.25, -0.2) is 0 Å². The van der Waals surface area contributed by atoms with Crippen LogP contribution in [0, 0.1) is 0 Å². The highest BCUT2D eigenvalue weighted by Crippen LogP contribution is 2.27. The molecule has 29 heavy (non-hydrogen) atoms. The standard InChI is InChI=1S/C22H27N5OS/c1-4-17(18-9-7-6-8-10-18)15-24-21(28)16(3)29-22-26-25-20(27(22)5-2)19-11-13-23-14-12-19/h6-14,16-17H,4-5,15H2,1-3H3,(H,24,28)/t16-,17+/m0/s1. The van der Waals surface area contributed by atoms with Crippen molar-refractivity contribution in [3.05, 3.63) is 60.4 Å². The van der Waals surface area contributed by atoms with E-state index in [-0.39, 0.29) is 11.2 Å². The molecule has 1 N–H and O–H groups in total. The van der Waals surface area contributed by atoms with Gasteiger partial charge in [-0.1, -0.05) is 49.0 Å². The molecule has 2 aromatic heterocycles. The molecule has 2 atom stereocenters. The number of thioether (sulfide) groups is 1. The number of rotatable bonds is 9. The van der Waals surface area contributed by atoms with E-state index in [0.29, 0.717) is 12.5 Å². The maximum Gasteiger partial charge on any atom is 0.233 e. The molecule has 0 saturated heterocycles. The Morgan fingerprint density at radius 1 is 1.10 bits per heavy atom. The normalized spacial score (nSPS) is 13.1. The molecule has 6 nitrogen and oxygen atoms in total. The van der Waals surface area contributed by atoms with Crippen molar-refractivity contribution in [1.82, 2.24) is 25.1 Å². The van der Waals surface area contributed by atoms with Gasteiger partial charge in [0.25, 0.3) is 0 Å². The summed E-state index contributed by atoms with van der Waals surface area (Å²) in [5.74, 6) is 1.12. The van der Waals surface area contributed by atoms with Crippen LogP contribution in [0.3, 0.4) is 0 Å². The van der Waals surface area contributed by atoms with Crippen LogP contribution in [0.1, 0.15) is 38.7 Å². The molecule has 2 heterocycles. The van der Waals surface area contributed by atoms with Gasteiger partial charge in [0.2, 0.25) is 5.91 Å². The summed E-state index contributed by atoms with van der Waals surface area (Å²) in [6.07, 6.45) is 4.46. The van der Waals surface area contributed by atoms with Gasteiger partial charge < -0.3 is 9.88 Å². The first kappa shape index (κ1) is 21.0. The van der Waals surface area contributed by atoms with E-state index in [1.54, 1.807) is 12.4 Å². The topological polar surface area (TPSA) is 72.7 Å². The maximum atomic E-state index is 12.7. The molecule has 152 valence electrons. The highest BCUT2D eigenvalue weighted by Gasteiger charge is 2.21. The zero-order chi connectivity index (χ0) is 20.6. The average molecular weight is 410 g/mol. The Morgan fingerprint density at radius 2 is 1.83 bits per heavy atom. The van der Waals surface area contributed by atoms with Crippen LogP contribution in [0.2, 0.25) is 0 Å². The SMILES string of the molecule is CC[C@H](CNC(=O)[C@H](C)Sc1nnc(-c2ccncc2)n1CC)c1ccccc1. The number of carbonyl (C=O) groups excluding carboxylic acids is 1. The van der Waals surface area contributed by atoms with Crippen molar-refractivity contribution < 1.29 is 4.79 Å². The molecule has 0 aliphatic rings. The molecule has 0 aliphatic carbocycles. The van der Waals surface area contributed by atoms with Gasteiger partial charge in [-0.05, 0) is 38.0 Å². The van der Waals surface area contributed by atoms with Crippen molar-refractivity contribution in [3.8, 4) is 11.4 Å². The fourth-order valence-corrected chi connectivity index (χ4v) is 4.12. The summed E-state index contributed by atoms with van der Waals surface area (Å²) in [5, 5.41) is 12.2. The number of hydrogen-bond acceptors (Lipinski definition) is 5. The van der Waals surface area contributed by atoms with Crippen LogP contribution in [0.4, 0.5) is 0 Å². The number of nitrogens with one attached hydrogen (secondary N) is 1. The van der Waals surface area contributed by atoms with Gasteiger partial charge in [0.05, 0.1) is 5.25 Å². The third-order valence-electron chi connectivity index (χ3n) is 4.91. The van der Waals surface area contributed by atoms with Crippen LogP contribution in [-0.4, -0.2) is 37.5 Å². The summed E-state index contributed by atoms with van der Waals surface area (Å²) < 4.78 is 2.03. The van der Waals surface area contributed by atoms with Gasteiger partial charge in [0.15, 0.2) is 11.0 Å². The van der Waals surface area contributed by atoms with E-state index >= 15 is 0 Å². The summed E-state index contributed by atoms with van der Waals surface area (Å²) in [6.45, 7) is 7.46. The Hall–Kier alpha value is -2.67. The van der Waals surface area contributed by atoms with Gasteiger partial charge in [-0.3, -0.25) is 9.78 Å². The van der Waals surface area contributed by atoms with E-state index in [4.69, 9.17) is 0 Å². The second-order valence-electron chi connectivity index (χ2n) is 6.81. The lowest BCUT2D eigenvalue weighted by Crippen LogP contribution is -2.34. The lowest BCUT2D eigenvalue weighted by molar-refractivity contribution is -0.120. The summed E-state index contributed by atoms with van der Waals surface area (Å²) >= 11 is 1.44. The van der Waals surface area contributed by atoms with Crippen LogP contribution in [0.25, 0.3) is 11.4 Å². The van der Waals surface area contributed by atoms with Crippen molar-refractivity contribution in [2.24, 2.45) is 0 Å². The van der Waals surface area contributed by atoms with Crippen LogP contribution < -0.4 is 5.32 Å². The fraction of sp³-hybridized carbons (Fsp3) is 0.364. The van der Waals surface area contributed by atoms with Gasteiger partial charge in [0, 0.05) is 37.0 Å². The molecule has 0 spiro atoms. The number of nitrogens with zero attached hydrogens (tertiary/aromatic N) is 4. The summed E-state index contributed by atoms with van der Waals surface area (Å²) in [6, 6.07) is 14.1. The Bertz CT molecular complexity index is 913. The predicted molar refractivity (Wildman–Crippen MR) is 117 cm³/mol. The van der Waals surface area contributed by atoms with Crippen LogP contribution >= 0.6 is 11.8 Å². The predicted octanol–water partition coefficient (Wildman–Crippen LogP) is 4.15. The Labute approximate surface area is 176 Å². The van der Waals surface area contributed by atoms with Crippen molar-refractivity contribution in [2.45, 2.75) is 50.1 Å². The Balaban J connectivity index is 1.63. The smallest absolute Gasteiger partial charge is 0.233 e. The van der Waals surface area contributed by atoms with Gasteiger partial charge in [-0.15, -0.1) is 10.2 Å². The first-order chi connectivity index (χ1) is 14.1. The molecule has 0 fully saturated rings. The van der Waals surface area contributed by atoms with E-state index in [9.17, 15) is 4.79 Å². The summed E-state index contributed by atoms with van der Waals surface area (Å²) in [7, 11) is 0. The maximum absolute atomic E-state index is 12.7. The monoisotopic (exact) mass is 409 g/mol. The highest BCUT2D eigenvalue weighted by molar-refractivity contribution is 8.00. The van der Waals surface area contributed by atoms with E-state index in [0.717, 1.165) is 29.5 Å². The Kier molecular flexibility index (Phi) is 7.41. The number of benzene rings is 1. The first-order valence-corrected chi connectivity index (χ1v) is 10.8. The molecular weight excluding hydrogens is 382 g/mol. The molecule has 0 radical (unpaired) electrons. The Morgan fingerprint density at radius 3 is 2.48 bits per heavy atom. The van der Waals surface area contributed by atoms with E-state index < -0.39 is 0 Å². The number of pyridine rings is 1. The molecule has 1 aromatic carbocycles. The molecule has 7 heteroatoms. The lowest BCUT2D eigenvalue weighted by Gasteiger charge is -2.18. The minimum atomic E-state index is -0.261. The molecule has 3 aromatic rings. The summed E-state index contributed by atoms with van der Waals surface area (Å²) in [5.41, 5.74) is 2.22. The van der Waals surface area contributed by atoms with Gasteiger partial charge in [-0.2, -0.15) is 0 Å². The second kappa shape index (κ2) is 10.2. The molecule has 3 rings (SSSR count).